The lowest BCUT2D eigenvalue weighted by Gasteiger charge is -2.12. The second-order valence-corrected chi connectivity index (χ2v) is 4.35. The van der Waals surface area contributed by atoms with Gasteiger partial charge in [-0.15, -0.1) is 0 Å². The summed E-state index contributed by atoms with van der Waals surface area (Å²) in [6.07, 6.45) is 0. The van der Waals surface area contributed by atoms with Crippen LogP contribution in [0.5, 0.6) is 5.75 Å². The van der Waals surface area contributed by atoms with E-state index in [1.807, 2.05) is 13.0 Å². The van der Waals surface area contributed by atoms with E-state index in [4.69, 9.17) is 16.3 Å². The molecular formula is C14H20ClNO. The molecule has 0 aliphatic carbocycles. The van der Waals surface area contributed by atoms with Gasteiger partial charge in [0.05, 0.1) is 0 Å². The Morgan fingerprint density at radius 2 is 2.24 bits per heavy atom. The molecule has 1 aromatic carbocycles. The predicted octanol–water partition coefficient (Wildman–Crippen LogP) is 3.63. The Labute approximate surface area is 109 Å². The fraction of sp³-hybridized carbons (Fsp3) is 0.429. The summed E-state index contributed by atoms with van der Waals surface area (Å²) < 4.78 is 5.75. The van der Waals surface area contributed by atoms with E-state index in [1.54, 1.807) is 5.54 Å². The van der Waals surface area contributed by atoms with Gasteiger partial charge in [-0.2, -0.15) is 0 Å². The highest BCUT2D eigenvalue weighted by molar-refractivity contribution is 6.25. The van der Waals surface area contributed by atoms with E-state index in [1.165, 1.54) is 11.1 Å². The minimum atomic E-state index is 0.533. The lowest BCUT2D eigenvalue weighted by atomic mass is 10.1. The Morgan fingerprint density at radius 1 is 1.47 bits per heavy atom. The van der Waals surface area contributed by atoms with Crippen molar-refractivity contribution >= 4 is 11.6 Å². The monoisotopic (exact) mass is 253 g/mol. The molecule has 0 atom stereocenters. The van der Waals surface area contributed by atoms with Gasteiger partial charge in [0.25, 0.3) is 0 Å². The molecule has 1 N–H and O–H groups in total. The molecule has 94 valence electrons. The van der Waals surface area contributed by atoms with Crippen LogP contribution in [0.2, 0.25) is 0 Å². The molecule has 1 rings (SSSR count). The standard InChI is InChI=1S/C14H20ClNO/c1-4-16-9-13-7-11(2)5-6-14(13)17-10-12(3)8-15/h5-8,16H,4,9-10H2,1-3H3/b12-8+. The van der Waals surface area contributed by atoms with Crippen LogP contribution in [0.3, 0.4) is 0 Å². The van der Waals surface area contributed by atoms with Gasteiger partial charge >= 0.3 is 0 Å². The summed E-state index contributed by atoms with van der Waals surface area (Å²) in [5.74, 6) is 0.925. The molecule has 0 unspecified atom stereocenters. The summed E-state index contributed by atoms with van der Waals surface area (Å²) in [5.41, 5.74) is 5.00. The van der Waals surface area contributed by atoms with Crippen LogP contribution < -0.4 is 10.1 Å². The minimum absolute atomic E-state index is 0.533. The third-order valence-electron chi connectivity index (χ3n) is 2.42. The van der Waals surface area contributed by atoms with Crippen molar-refractivity contribution in [2.24, 2.45) is 0 Å². The largest absolute Gasteiger partial charge is 0.489 e. The molecule has 0 saturated heterocycles. The molecule has 0 amide bonds. The van der Waals surface area contributed by atoms with Crippen LogP contribution in [0.25, 0.3) is 0 Å². The number of hydrogen-bond acceptors (Lipinski definition) is 2. The first kappa shape index (κ1) is 14.1. The van der Waals surface area contributed by atoms with Crippen LogP contribution in [0.1, 0.15) is 25.0 Å². The van der Waals surface area contributed by atoms with E-state index < -0.39 is 0 Å². The van der Waals surface area contributed by atoms with Crippen LogP contribution in [-0.4, -0.2) is 13.2 Å². The van der Waals surface area contributed by atoms with Crippen molar-refractivity contribution < 1.29 is 4.74 Å². The third-order valence-corrected chi connectivity index (χ3v) is 2.80. The van der Waals surface area contributed by atoms with Gasteiger partial charge < -0.3 is 10.1 Å². The summed E-state index contributed by atoms with van der Waals surface area (Å²) in [5, 5.41) is 3.31. The molecule has 3 heteroatoms. The molecule has 0 radical (unpaired) electrons. The van der Waals surface area contributed by atoms with E-state index in [2.05, 4.69) is 31.3 Å². The first-order valence-electron chi connectivity index (χ1n) is 5.86. The minimum Gasteiger partial charge on any atom is -0.489 e. The van der Waals surface area contributed by atoms with E-state index >= 15 is 0 Å². The highest BCUT2D eigenvalue weighted by atomic mass is 35.5. The molecule has 0 saturated carbocycles. The Balaban J connectivity index is 2.75. The van der Waals surface area contributed by atoms with Crippen molar-refractivity contribution in [2.75, 3.05) is 13.2 Å². The molecule has 0 fully saturated rings. The first-order valence-corrected chi connectivity index (χ1v) is 6.30. The number of aryl methyl sites for hydroxylation is 1. The van der Waals surface area contributed by atoms with Gasteiger partial charge in [-0.25, -0.2) is 0 Å². The van der Waals surface area contributed by atoms with Gasteiger partial charge in [-0.3, -0.25) is 0 Å². The van der Waals surface area contributed by atoms with E-state index in [0.29, 0.717) is 6.61 Å². The van der Waals surface area contributed by atoms with Gasteiger partial charge in [0.1, 0.15) is 12.4 Å². The zero-order valence-electron chi connectivity index (χ0n) is 10.7. The zero-order chi connectivity index (χ0) is 12.7. The number of ether oxygens (including phenoxy) is 1. The smallest absolute Gasteiger partial charge is 0.124 e. The number of nitrogens with one attached hydrogen (secondary N) is 1. The van der Waals surface area contributed by atoms with Crippen LogP contribution >= 0.6 is 11.6 Å². The molecule has 0 aliphatic heterocycles. The SMILES string of the molecule is CCNCc1cc(C)ccc1OC/C(C)=C/Cl. The Kier molecular flexibility index (Phi) is 6.09. The van der Waals surface area contributed by atoms with Crippen LogP contribution in [0, 0.1) is 6.92 Å². The lowest BCUT2D eigenvalue weighted by molar-refractivity contribution is 0.347. The maximum Gasteiger partial charge on any atom is 0.124 e. The quantitative estimate of drug-likeness (QED) is 0.836. The van der Waals surface area contributed by atoms with E-state index in [9.17, 15) is 0 Å². The van der Waals surface area contributed by atoms with Crippen molar-refractivity contribution in [1.29, 1.82) is 0 Å². The highest BCUT2D eigenvalue weighted by Gasteiger charge is 2.04. The normalized spacial score (nSPS) is 11.6. The van der Waals surface area contributed by atoms with Crippen molar-refractivity contribution in [1.82, 2.24) is 5.32 Å². The van der Waals surface area contributed by atoms with Crippen LogP contribution in [0.15, 0.2) is 29.3 Å². The lowest BCUT2D eigenvalue weighted by Crippen LogP contribution is -2.13. The summed E-state index contributed by atoms with van der Waals surface area (Å²) in [4.78, 5) is 0. The van der Waals surface area contributed by atoms with Crippen LogP contribution in [-0.2, 0) is 6.54 Å². The van der Waals surface area contributed by atoms with Crippen molar-refractivity contribution in [2.45, 2.75) is 27.3 Å². The number of rotatable bonds is 6. The molecule has 2 nitrogen and oxygen atoms in total. The molecule has 17 heavy (non-hydrogen) atoms. The van der Waals surface area contributed by atoms with E-state index in [0.717, 1.165) is 24.4 Å². The zero-order valence-corrected chi connectivity index (χ0v) is 11.5. The molecule has 0 aliphatic rings. The fourth-order valence-corrected chi connectivity index (χ4v) is 1.53. The molecule has 0 heterocycles. The molecule has 1 aromatic rings. The van der Waals surface area contributed by atoms with Gasteiger partial charge in [0.15, 0.2) is 0 Å². The van der Waals surface area contributed by atoms with E-state index in [-0.39, 0.29) is 0 Å². The summed E-state index contributed by atoms with van der Waals surface area (Å²) in [6.45, 7) is 8.45. The van der Waals surface area contributed by atoms with Crippen molar-refractivity contribution in [3.05, 3.63) is 40.4 Å². The second-order valence-electron chi connectivity index (χ2n) is 4.14. The van der Waals surface area contributed by atoms with Gasteiger partial charge in [-0.05, 0) is 32.0 Å². The topological polar surface area (TPSA) is 21.3 Å². The van der Waals surface area contributed by atoms with Crippen molar-refractivity contribution in [3.8, 4) is 5.75 Å². The molecular weight excluding hydrogens is 234 g/mol. The average Bonchev–Trinajstić information content (AvgIpc) is 2.34. The van der Waals surface area contributed by atoms with Gasteiger partial charge in [0.2, 0.25) is 0 Å². The maximum absolute atomic E-state index is 5.75. The summed E-state index contributed by atoms with van der Waals surface area (Å²) >= 11 is 5.61. The molecule has 0 aromatic heterocycles. The Hall–Kier alpha value is -0.990. The molecule has 0 spiro atoms. The first-order chi connectivity index (χ1) is 8.17. The summed E-state index contributed by atoms with van der Waals surface area (Å²) in [6, 6.07) is 6.23. The second kappa shape index (κ2) is 7.36. The number of halogens is 1. The average molecular weight is 254 g/mol. The fourth-order valence-electron chi connectivity index (χ4n) is 1.47. The third kappa shape index (κ3) is 4.80. The predicted molar refractivity (Wildman–Crippen MR) is 73.7 cm³/mol. The number of benzene rings is 1. The maximum atomic E-state index is 5.75. The Bertz CT molecular complexity index is 388. The van der Waals surface area contributed by atoms with Crippen LogP contribution in [0.4, 0.5) is 0 Å². The highest BCUT2D eigenvalue weighted by Crippen LogP contribution is 2.20. The van der Waals surface area contributed by atoms with Gasteiger partial charge in [0, 0.05) is 17.6 Å². The van der Waals surface area contributed by atoms with Gasteiger partial charge in [-0.1, -0.05) is 36.2 Å². The summed E-state index contributed by atoms with van der Waals surface area (Å²) in [7, 11) is 0. The molecule has 0 bridgehead atoms. The van der Waals surface area contributed by atoms with Crippen molar-refractivity contribution in [3.63, 3.8) is 0 Å². The number of hydrogen-bond donors (Lipinski definition) is 1. The Morgan fingerprint density at radius 3 is 2.88 bits per heavy atom.